The molecule has 0 unspecified atom stereocenters. The third-order valence-corrected chi connectivity index (χ3v) is 3.52. The highest BCUT2D eigenvalue weighted by atomic mass is 16.0. The highest BCUT2D eigenvalue weighted by molar-refractivity contribution is 5.18. The van der Waals surface area contributed by atoms with Crippen molar-refractivity contribution >= 4 is 0 Å². The molecule has 0 amide bonds. The van der Waals surface area contributed by atoms with Crippen molar-refractivity contribution in [1.82, 2.24) is 0 Å². The van der Waals surface area contributed by atoms with Gasteiger partial charge in [0.2, 0.25) is 0 Å². The van der Waals surface area contributed by atoms with Crippen molar-refractivity contribution in [3.63, 3.8) is 0 Å². The Morgan fingerprint density at radius 3 is 2.75 bits per heavy atom. The molecule has 0 aromatic carbocycles. The van der Waals surface area contributed by atoms with Crippen LogP contribution < -0.4 is 0 Å². The first kappa shape index (κ1) is 9.79. The van der Waals surface area contributed by atoms with E-state index in [1.807, 2.05) is 0 Å². The summed E-state index contributed by atoms with van der Waals surface area (Å²) < 4.78 is 0. The van der Waals surface area contributed by atoms with E-state index >= 15 is 0 Å². The lowest BCUT2D eigenvalue weighted by Crippen LogP contribution is -2.25. The van der Waals surface area contributed by atoms with Gasteiger partial charge in [-0.15, -0.1) is 0 Å². The highest BCUT2D eigenvalue weighted by Gasteiger charge is 2.32. The highest BCUT2D eigenvalue weighted by Crippen LogP contribution is 2.46. The van der Waals surface area contributed by atoms with Crippen LogP contribution in [-0.4, -0.2) is 5.48 Å². The summed E-state index contributed by atoms with van der Waals surface area (Å²) in [6, 6.07) is 0. The van der Waals surface area contributed by atoms with E-state index in [4.69, 9.17) is 0 Å². The summed E-state index contributed by atoms with van der Waals surface area (Å²) in [6.07, 6.45) is 12.5. The zero-order chi connectivity index (χ0) is 7.73. The van der Waals surface area contributed by atoms with Crippen LogP contribution in [0.1, 0.15) is 53.3 Å². The molecule has 2 rings (SSSR count). The SMILES string of the molecule is C[C@]12CCCC=C1CCCC2.O.[HH]. The minimum absolute atomic E-state index is 0. The van der Waals surface area contributed by atoms with Crippen molar-refractivity contribution in [3.05, 3.63) is 11.6 Å². The monoisotopic (exact) mass is 170 g/mol. The molecule has 12 heavy (non-hydrogen) atoms. The number of allylic oxidation sites excluding steroid dienone is 2. The molecule has 1 nitrogen and oxygen atoms in total. The third kappa shape index (κ3) is 1.56. The van der Waals surface area contributed by atoms with Gasteiger partial charge in [0.15, 0.2) is 0 Å². The summed E-state index contributed by atoms with van der Waals surface area (Å²) in [5.41, 5.74) is 2.42. The van der Waals surface area contributed by atoms with Crippen LogP contribution in [0.4, 0.5) is 0 Å². The summed E-state index contributed by atoms with van der Waals surface area (Å²) in [5.74, 6) is 0. The van der Waals surface area contributed by atoms with E-state index in [1.54, 1.807) is 5.57 Å². The van der Waals surface area contributed by atoms with Gasteiger partial charge in [-0.25, -0.2) is 0 Å². The molecule has 1 atom stereocenters. The largest absolute Gasteiger partial charge is 0.412 e. The van der Waals surface area contributed by atoms with Crippen LogP contribution in [0, 0.1) is 5.41 Å². The molecule has 1 heteroatoms. The van der Waals surface area contributed by atoms with Gasteiger partial charge in [-0.1, -0.05) is 25.0 Å². The van der Waals surface area contributed by atoms with Crippen LogP contribution in [0.15, 0.2) is 11.6 Å². The molecule has 1 saturated carbocycles. The average molecular weight is 170 g/mol. The first-order valence-electron chi connectivity index (χ1n) is 5.01. The second kappa shape index (κ2) is 3.61. The van der Waals surface area contributed by atoms with E-state index in [-0.39, 0.29) is 6.90 Å². The standard InChI is InChI=1S/C11H18.H2O.H2/c1-11-8-4-2-6-10(11)7-3-5-9-11;;/h6H,2-5,7-9H2,1H3;1H2;1H/t11-;;/m1../s1. The summed E-state index contributed by atoms with van der Waals surface area (Å²) >= 11 is 0. The Morgan fingerprint density at radius 1 is 1.25 bits per heavy atom. The van der Waals surface area contributed by atoms with Gasteiger partial charge in [0.25, 0.3) is 0 Å². The molecule has 0 aliphatic heterocycles. The Kier molecular flexibility index (Phi) is 2.94. The van der Waals surface area contributed by atoms with Crippen molar-refractivity contribution in [3.8, 4) is 0 Å². The summed E-state index contributed by atoms with van der Waals surface area (Å²) in [6.45, 7) is 2.47. The first-order chi connectivity index (χ1) is 5.31. The quantitative estimate of drug-likeness (QED) is 0.500. The molecule has 2 N–H and O–H groups in total. The third-order valence-electron chi connectivity index (χ3n) is 3.52. The smallest absolute Gasteiger partial charge is 0 e. The van der Waals surface area contributed by atoms with Crippen molar-refractivity contribution in [2.45, 2.75) is 51.9 Å². The molecule has 0 bridgehead atoms. The molecule has 72 valence electrons. The van der Waals surface area contributed by atoms with E-state index < -0.39 is 0 Å². The van der Waals surface area contributed by atoms with Crippen LogP contribution in [-0.2, 0) is 0 Å². The Hall–Kier alpha value is -0.300. The molecule has 0 radical (unpaired) electrons. The van der Waals surface area contributed by atoms with Gasteiger partial charge in [-0.3, -0.25) is 0 Å². The zero-order valence-corrected chi connectivity index (χ0v) is 8.03. The Morgan fingerprint density at radius 2 is 2.00 bits per heavy atom. The van der Waals surface area contributed by atoms with Crippen LogP contribution in [0.25, 0.3) is 0 Å². The molecule has 0 spiro atoms. The van der Waals surface area contributed by atoms with Gasteiger partial charge in [-0.05, 0) is 43.9 Å². The average Bonchev–Trinajstić information content (AvgIpc) is 2.03. The molecule has 0 saturated heterocycles. The fourth-order valence-electron chi connectivity index (χ4n) is 2.70. The van der Waals surface area contributed by atoms with Gasteiger partial charge in [-0.2, -0.15) is 0 Å². The predicted molar refractivity (Wildman–Crippen MR) is 54.2 cm³/mol. The Balaban J connectivity index is 0.000000720. The van der Waals surface area contributed by atoms with Crippen LogP contribution in [0.3, 0.4) is 0 Å². The normalized spacial score (nSPS) is 34.6. The molecule has 0 heterocycles. The number of rotatable bonds is 0. The van der Waals surface area contributed by atoms with E-state index in [1.165, 1.54) is 44.9 Å². The van der Waals surface area contributed by atoms with Gasteiger partial charge in [0.1, 0.15) is 0 Å². The van der Waals surface area contributed by atoms with Crippen molar-refractivity contribution < 1.29 is 6.90 Å². The first-order valence-corrected chi connectivity index (χ1v) is 5.01. The fourth-order valence-corrected chi connectivity index (χ4v) is 2.70. The van der Waals surface area contributed by atoms with Gasteiger partial charge < -0.3 is 5.48 Å². The Labute approximate surface area is 76.7 Å². The van der Waals surface area contributed by atoms with E-state index in [0.29, 0.717) is 5.41 Å². The number of hydrogen-bond acceptors (Lipinski definition) is 0. The minimum atomic E-state index is 0. The van der Waals surface area contributed by atoms with Crippen LogP contribution in [0.2, 0.25) is 0 Å². The zero-order valence-electron chi connectivity index (χ0n) is 8.03. The maximum absolute atomic E-state index is 2.52. The van der Waals surface area contributed by atoms with E-state index in [9.17, 15) is 0 Å². The molecule has 2 aliphatic carbocycles. The van der Waals surface area contributed by atoms with Crippen molar-refractivity contribution in [1.29, 1.82) is 0 Å². The topological polar surface area (TPSA) is 31.5 Å². The van der Waals surface area contributed by atoms with Crippen LogP contribution >= 0.6 is 0 Å². The predicted octanol–water partition coefficient (Wildman–Crippen LogP) is 3.10. The van der Waals surface area contributed by atoms with E-state index in [0.717, 1.165) is 0 Å². The maximum Gasteiger partial charge on any atom is 0 e. The summed E-state index contributed by atoms with van der Waals surface area (Å²) in [7, 11) is 0. The lowest BCUT2D eigenvalue weighted by molar-refractivity contribution is 0.262. The second-order valence-corrected chi connectivity index (χ2v) is 4.39. The molecule has 0 aromatic rings. The molecule has 1 fully saturated rings. The summed E-state index contributed by atoms with van der Waals surface area (Å²) in [5, 5.41) is 0. The number of fused-ring (bicyclic) bond motifs is 1. The van der Waals surface area contributed by atoms with Gasteiger partial charge >= 0.3 is 0 Å². The molecule has 0 aromatic heterocycles. The minimum Gasteiger partial charge on any atom is -0.412 e. The van der Waals surface area contributed by atoms with Crippen molar-refractivity contribution in [2.24, 2.45) is 5.41 Å². The lowest BCUT2D eigenvalue weighted by atomic mass is 9.66. The lowest BCUT2D eigenvalue weighted by Gasteiger charge is -2.39. The molecule has 2 aliphatic rings. The second-order valence-electron chi connectivity index (χ2n) is 4.39. The summed E-state index contributed by atoms with van der Waals surface area (Å²) in [4.78, 5) is 0. The van der Waals surface area contributed by atoms with E-state index in [2.05, 4.69) is 13.0 Å². The van der Waals surface area contributed by atoms with Crippen molar-refractivity contribution in [2.75, 3.05) is 0 Å². The molecular weight excluding hydrogens is 148 g/mol. The molecular formula is C11H22O. The number of hydrogen-bond donors (Lipinski definition) is 0. The Bertz CT molecular complexity index is 189. The maximum atomic E-state index is 2.52. The van der Waals surface area contributed by atoms with Gasteiger partial charge in [0.05, 0.1) is 0 Å². The fraction of sp³-hybridized carbons (Fsp3) is 0.818. The van der Waals surface area contributed by atoms with Gasteiger partial charge in [0, 0.05) is 1.43 Å². The van der Waals surface area contributed by atoms with Crippen LogP contribution in [0.5, 0.6) is 0 Å².